The van der Waals surface area contributed by atoms with Gasteiger partial charge in [-0.15, -0.1) is 0 Å². The first-order chi connectivity index (χ1) is 10.1. The molecule has 0 saturated carbocycles. The lowest BCUT2D eigenvalue weighted by molar-refractivity contribution is 0.0528. The number of hydrogen-bond acceptors (Lipinski definition) is 5. The Kier molecular flexibility index (Phi) is 3.02. The Hall–Kier alpha value is -2.96. The molecule has 4 N–H and O–H groups in total. The zero-order valence-electron chi connectivity index (χ0n) is 11.2. The number of fused-ring (bicyclic) bond motifs is 1. The van der Waals surface area contributed by atoms with Gasteiger partial charge in [0, 0.05) is 11.3 Å². The van der Waals surface area contributed by atoms with Crippen LogP contribution >= 0.6 is 0 Å². The van der Waals surface area contributed by atoms with Crippen LogP contribution in [0.4, 0.5) is 5.82 Å². The second-order valence-corrected chi connectivity index (χ2v) is 4.46. The van der Waals surface area contributed by atoms with Crippen molar-refractivity contribution in [3.8, 4) is 11.3 Å². The van der Waals surface area contributed by atoms with Gasteiger partial charge in [0.05, 0.1) is 12.1 Å². The number of anilines is 1. The van der Waals surface area contributed by atoms with E-state index < -0.39 is 11.7 Å². The largest absolute Gasteiger partial charge is 0.462 e. The van der Waals surface area contributed by atoms with Gasteiger partial charge in [-0.2, -0.15) is 0 Å². The molecule has 0 atom stereocenters. The highest BCUT2D eigenvalue weighted by Crippen LogP contribution is 2.26. The molecule has 0 spiro atoms. The van der Waals surface area contributed by atoms with E-state index in [9.17, 15) is 9.59 Å². The summed E-state index contributed by atoms with van der Waals surface area (Å²) in [5.74, 6) is -0.758. The van der Waals surface area contributed by atoms with Gasteiger partial charge < -0.3 is 19.9 Å². The van der Waals surface area contributed by atoms with Crippen LogP contribution in [0.3, 0.4) is 0 Å². The normalized spacial score (nSPS) is 10.9. The molecule has 0 saturated heterocycles. The molecule has 1 aromatic carbocycles. The van der Waals surface area contributed by atoms with Crippen LogP contribution in [0.25, 0.3) is 22.4 Å². The van der Waals surface area contributed by atoms with Crippen LogP contribution in [0, 0.1) is 0 Å². The summed E-state index contributed by atoms with van der Waals surface area (Å²) < 4.78 is 9.93. The zero-order valence-corrected chi connectivity index (χ0v) is 11.2. The Balaban J connectivity index is 2.04. The van der Waals surface area contributed by atoms with E-state index in [0.717, 1.165) is 5.56 Å². The molecule has 2 aromatic heterocycles. The fourth-order valence-electron chi connectivity index (χ4n) is 2.12. The number of aromatic nitrogens is 2. The molecule has 0 unspecified atom stereocenters. The minimum Gasteiger partial charge on any atom is -0.462 e. The molecule has 0 bridgehead atoms. The van der Waals surface area contributed by atoms with Crippen molar-refractivity contribution in [1.29, 1.82) is 0 Å². The summed E-state index contributed by atoms with van der Waals surface area (Å²) >= 11 is 0. The van der Waals surface area contributed by atoms with Crippen LogP contribution in [0.15, 0.2) is 33.5 Å². The van der Waals surface area contributed by atoms with E-state index in [1.807, 2.05) is 0 Å². The van der Waals surface area contributed by atoms with Crippen molar-refractivity contribution >= 4 is 22.9 Å². The summed E-state index contributed by atoms with van der Waals surface area (Å²) in [6.07, 6.45) is 0. The van der Waals surface area contributed by atoms with Gasteiger partial charge in [0.2, 0.25) is 0 Å². The number of esters is 1. The second kappa shape index (κ2) is 4.86. The van der Waals surface area contributed by atoms with Gasteiger partial charge in [0.15, 0.2) is 5.58 Å². The smallest absolute Gasteiger partial charge is 0.417 e. The van der Waals surface area contributed by atoms with Gasteiger partial charge in [-0.05, 0) is 25.1 Å². The Morgan fingerprint density at radius 3 is 2.90 bits per heavy atom. The van der Waals surface area contributed by atoms with Crippen LogP contribution in [0.5, 0.6) is 0 Å². The third-order valence-corrected chi connectivity index (χ3v) is 3.08. The van der Waals surface area contributed by atoms with Crippen molar-refractivity contribution in [2.24, 2.45) is 0 Å². The number of rotatable bonds is 3. The Morgan fingerprint density at radius 1 is 1.33 bits per heavy atom. The van der Waals surface area contributed by atoms with Crippen molar-refractivity contribution in [2.45, 2.75) is 6.92 Å². The molecule has 7 nitrogen and oxygen atoms in total. The van der Waals surface area contributed by atoms with Crippen LogP contribution < -0.4 is 11.5 Å². The monoisotopic (exact) mass is 287 g/mol. The van der Waals surface area contributed by atoms with E-state index in [-0.39, 0.29) is 18.0 Å². The van der Waals surface area contributed by atoms with Crippen molar-refractivity contribution in [2.75, 3.05) is 12.3 Å². The number of nitrogens with one attached hydrogen (secondary N) is 2. The number of nitrogens with two attached hydrogens (primary N) is 1. The van der Waals surface area contributed by atoms with Crippen LogP contribution in [-0.2, 0) is 4.74 Å². The zero-order chi connectivity index (χ0) is 15.0. The molecule has 0 aliphatic carbocycles. The molecule has 0 radical (unpaired) electrons. The molecule has 3 rings (SSSR count). The third kappa shape index (κ3) is 2.29. The molecule has 0 aliphatic heterocycles. The fourth-order valence-corrected chi connectivity index (χ4v) is 2.12. The second-order valence-electron chi connectivity index (χ2n) is 4.46. The molecule has 108 valence electrons. The summed E-state index contributed by atoms with van der Waals surface area (Å²) in [4.78, 5) is 28.4. The van der Waals surface area contributed by atoms with Gasteiger partial charge in [-0.1, -0.05) is 6.07 Å². The Labute approximate surface area is 118 Å². The Morgan fingerprint density at radius 2 is 2.14 bits per heavy atom. The third-order valence-electron chi connectivity index (χ3n) is 3.08. The number of nitrogen functional groups attached to an aromatic ring is 1. The van der Waals surface area contributed by atoms with Crippen LogP contribution in [0.2, 0.25) is 0 Å². The van der Waals surface area contributed by atoms with Crippen molar-refractivity contribution in [1.82, 2.24) is 9.97 Å². The highest BCUT2D eigenvalue weighted by Gasteiger charge is 2.16. The van der Waals surface area contributed by atoms with Crippen molar-refractivity contribution in [3.05, 3.63) is 40.4 Å². The molecule has 0 aliphatic rings. The number of carbonyl (C=O) groups excluding carboxylic acids is 1. The van der Waals surface area contributed by atoms with Gasteiger partial charge in [0.1, 0.15) is 11.4 Å². The molecular weight excluding hydrogens is 274 g/mol. The number of oxazole rings is 1. The minimum atomic E-state index is -0.514. The first-order valence-corrected chi connectivity index (χ1v) is 6.37. The number of hydrogen-bond donors (Lipinski definition) is 3. The summed E-state index contributed by atoms with van der Waals surface area (Å²) in [6.45, 7) is 2.00. The molecule has 0 amide bonds. The Bertz CT molecular complexity index is 872. The standard InChI is InChI=1S/C14H13N3O4/c1-2-20-13(18)8-6-10(16-12(8)15)7-3-4-9-11(5-7)21-14(19)17-9/h3-6,16H,2,15H2,1H3,(H,17,19). The maximum atomic E-state index is 11.7. The molecular formula is C14H13N3O4. The summed E-state index contributed by atoms with van der Waals surface area (Å²) in [5, 5.41) is 0. The van der Waals surface area contributed by atoms with E-state index in [4.69, 9.17) is 14.9 Å². The first kappa shape index (κ1) is 13.0. The summed E-state index contributed by atoms with van der Waals surface area (Å²) in [6, 6.07) is 6.80. The number of ether oxygens (including phenoxy) is 1. The molecule has 7 heteroatoms. The van der Waals surface area contributed by atoms with Crippen molar-refractivity contribution < 1.29 is 13.9 Å². The van der Waals surface area contributed by atoms with E-state index in [1.165, 1.54) is 0 Å². The van der Waals surface area contributed by atoms with E-state index in [1.54, 1.807) is 31.2 Å². The highest BCUT2D eigenvalue weighted by atomic mass is 16.5. The number of H-pyrrole nitrogens is 2. The predicted octanol–water partition coefficient (Wildman–Crippen LogP) is 1.88. The molecule has 3 aromatic rings. The van der Waals surface area contributed by atoms with Gasteiger partial charge >= 0.3 is 11.7 Å². The molecule has 0 fully saturated rings. The number of carbonyl (C=O) groups is 1. The average molecular weight is 287 g/mol. The van der Waals surface area contributed by atoms with Gasteiger partial charge in [0.25, 0.3) is 0 Å². The maximum absolute atomic E-state index is 11.7. The number of aromatic amines is 2. The van der Waals surface area contributed by atoms with Gasteiger partial charge in [-0.25, -0.2) is 9.59 Å². The fraction of sp³-hybridized carbons (Fsp3) is 0.143. The van der Waals surface area contributed by atoms with Crippen LogP contribution in [-0.4, -0.2) is 22.5 Å². The lowest BCUT2D eigenvalue weighted by atomic mass is 10.1. The lowest BCUT2D eigenvalue weighted by Gasteiger charge is -1.98. The SMILES string of the molecule is CCOC(=O)c1cc(-c2ccc3[nH]c(=O)oc3c2)[nH]c1N. The first-order valence-electron chi connectivity index (χ1n) is 6.37. The molecule has 21 heavy (non-hydrogen) atoms. The van der Waals surface area contributed by atoms with Gasteiger partial charge in [-0.3, -0.25) is 4.98 Å². The molecule has 2 heterocycles. The van der Waals surface area contributed by atoms with Crippen molar-refractivity contribution in [3.63, 3.8) is 0 Å². The van der Waals surface area contributed by atoms with E-state index >= 15 is 0 Å². The quantitative estimate of drug-likeness (QED) is 0.636. The highest BCUT2D eigenvalue weighted by molar-refractivity contribution is 5.96. The summed E-state index contributed by atoms with van der Waals surface area (Å²) in [7, 11) is 0. The van der Waals surface area contributed by atoms with E-state index in [2.05, 4.69) is 9.97 Å². The topological polar surface area (TPSA) is 114 Å². The lowest BCUT2D eigenvalue weighted by Crippen LogP contribution is -2.05. The van der Waals surface area contributed by atoms with Crippen LogP contribution in [0.1, 0.15) is 17.3 Å². The average Bonchev–Trinajstić information content (AvgIpc) is 3.00. The minimum absolute atomic E-state index is 0.235. The summed E-state index contributed by atoms with van der Waals surface area (Å²) in [5.41, 5.74) is 8.49. The number of benzene rings is 1. The van der Waals surface area contributed by atoms with E-state index in [0.29, 0.717) is 16.8 Å². The maximum Gasteiger partial charge on any atom is 0.417 e. The predicted molar refractivity (Wildman–Crippen MR) is 77.0 cm³/mol.